The quantitative estimate of drug-likeness (QED) is 0.681. The molecule has 130 valence electrons. The Bertz CT molecular complexity index is 612. The van der Waals surface area contributed by atoms with E-state index in [1.807, 2.05) is 12.1 Å². The fourth-order valence-electron chi connectivity index (χ4n) is 3.65. The largest absolute Gasteiger partial charge is 0.496 e. The highest BCUT2D eigenvalue weighted by Crippen LogP contribution is 2.32. The molecule has 5 heteroatoms. The maximum Gasteiger partial charge on any atom is 0.342 e. The number of cyclic esters (lactones) is 1. The van der Waals surface area contributed by atoms with Crippen LogP contribution in [-0.4, -0.2) is 42.6 Å². The van der Waals surface area contributed by atoms with Crippen LogP contribution in [0.3, 0.4) is 0 Å². The molecule has 2 aliphatic heterocycles. The monoisotopic (exact) mass is 332 g/mol. The molecule has 2 aliphatic rings. The molecular formula is C19H24O5. The van der Waals surface area contributed by atoms with Gasteiger partial charge in [-0.05, 0) is 30.9 Å². The Kier molecular flexibility index (Phi) is 5.21. The molecule has 0 amide bonds. The summed E-state index contributed by atoms with van der Waals surface area (Å²) in [6.07, 6.45) is 3.64. The second kappa shape index (κ2) is 7.36. The number of hydrogen-bond donors (Lipinski definition) is 1. The van der Waals surface area contributed by atoms with Gasteiger partial charge in [-0.1, -0.05) is 18.2 Å². The zero-order chi connectivity index (χ0) is 17.1. The summed E-state index contributed by atoms with van der Waals surface area (Å²) in [7, 11) is 1.54. The molecule has 0 aliphatic carbocycles. The van der Waals surface area contributed by atoms with Crippen LogP contribution in [0, 0.1) is 0 Å². The summed E-state index contributed by atoms with van der Waals surface area (Å²) in [5, 5.41) is 10.2. The Morgan fingerprint density at radius 2 is 2.12 bits per heavy atom. The summed E-state index contributed by atoms with van der Waals surface area (Å²) in [6, 6.07) is 5.50. The fourth-order valence-corrected chi connectivity index (χ4v) is 3.65. The van der Waals surface area contributed by atoms with Gasteiger partial charge in [0, 0.05) is 12.8 Å². The zero-order valence-electron chi connectivity index (χ0n) is 13.9. The molecule has 0 saturated carbocycles. The van der Waals surface area contributed by atoms with Gasteiger partial charge in [-0.25, -0.2) is 4.79 Å². The van der Waals surface area contributed by atoms with Gasteiger partial charge < -0.3 is 19.3 Å². The average molecular weight is 332 g/mol. The molecule has 24 heavy (non-hydrogen) atoms. The average Bonchev–Trinajstić information content (AvgIpc) is 2.53. The van der Waals surface area contributed by atoms with Crippen LogP contribution in [-0.2, 0) is 15.9 Å². The van der Waals surface area contributed by atoms with Crippen molar-refractivity contribution in [3.05, 3.63) is 42.0 Å². The van der Waals surface area contributed by atoms with Crippen molar-refractivity contribution < 1.29 is 24.1 Å². The topological polar surface area (TPSA) is 65.0 Å². The first-order valence-corrected chi connectivity index (χ1v) is 8.42. The molecule has 1 aromatic rings. The first kappa shape index (κ1) is 17.0. The minimum Gasteiger partial charge on any atom is -0.496 e. The first-order valence-electron chi connectivity index (χ1n) is 8.42. The number of rotatable bonds is 3. The Labute approximate surface area is 142 Å². The summed E-state index contributed by atoms with van der Waals surface area (Å²) in [4.78, 5) is 12.7. The van der Waals surface area contributed by atoms with Gasteiger partial charge in [-0.3, -0.25) is 0 Å². The smallest absolute Gasteiger partial charge is 0.342 e. The van der Waals surface area contributed by atoms with Crippen LogP contribution in [0.1, 0.15) is 41.6 Å². The molecule has 3 rings (SSSR count). The van der Waals surface area contributed by atoms with Gasteiger partial charge in [-0.2, -0.15) is 0 Å². The van der Waals surface area contributed by atoms with Crippen molar-refractivity contribution in [3.63, 3.8) is 0 Å². The predicted molar refractivity (Wildman–Crippen MR) is 89.2 cm³/mol. The molecule has 1 fully saturated rings. The number of methoxy groups -OCH3 is 1. The van der Waals surface area contributed by atoms with E-state index in [-0.39, 0.29) is 30.4 Å². The molecule has 1 N–H and O–H groups in total. The molecule has 0 spiro atoms. The molecule has 1 saturated heterocycles. The van der Waals surface area contributed by atoms with E-state index >= 15 is 0 Å². The molecule has 4 atom stereocenters. The Balaban J connectivity index is 1.99. The number of carbonyl (C=O) groups excluding carboxylic acids is 1. The number of aliphatic hydroxyl groups is 1. The third-order valence-electron chi connectivity index (χ3n) is 4.67. The molecule has 5 nitrogen and oxygen atoms in total. The summed E-state index contributed by atoms with van der Waals surface area (Å²) in [6.45, 7) is 3.74. The van der Waals surface area contributed by atoms with Crippen LogP contribution in [0.2, 0.25) is 0 Å². The summed E-state index contributed by atoms with van der Waals surface area (Å²) in [5.41, 5.74) is 1.28. The van der Waals surface area contributed by atoms with Gasteiger partial charge >= 0.3 is 5.97 Å². The lowest BCUT2D eigenvalue weighted by molar-refractivity contribution is -0.109. The Morgan fingerprint density at radius 3 is 2.88 bits per heavy atom. The summed E-state index contributed by atoms with van der Waals surface area (Å²) >= 11 is 0. The van der Waals surface area contributed by atoms with Crippen molar-refractivity contribution in [2.45, 2.75) is 56.5 Å². The van der Waals surface area contributed by atoms with Gasteiger partial charge in [0.2, 0.25) is 0 Å². The summed E-state index contributed by atoms with van der Waals surface area (Å²) < 4.78 is 17.2. The number of carbonyl (C=O) groups is 1. The van der Waals surface area contributed by atoms with Gasteiger partial charge in [0.05, 0.1) is 25.4 Å². The molecular weight excluding hydrogens is 308 g/mol. The van der Waals surface area contributed by atoms with E-state index in [2.05, 4.69) is 6.58 Å². The second-order valence-electron chi connectivity index (χ2n) is 6.49. The van der Waals surface area contributed by atoms with E-state index in [1.54, 1.807) is 19.3 Å². The number of aliphatic hydroxyl groups excluding tert-OH is 1. The zero-order valence-corrected chi connectivity index (χ0v) is 13.9. The van der Waals surface area contributed by atoms with Gasteiger partial charge in [0.1, 0.15) is 17.4 Å². The van der Waals surface area contributed by atoms with E-state index in [4.69, 9.17) is 14.2 Å². The predicted octanol–water partition coefficient (Wildman–Crippen LogP) is 2.65. The van der Waals surface area contributed by atoms with Crippen molar-refractivity contribution in [2.75, 3.05) is 7.11 Å². The van der Waals surface area contributed by atoms with E-state index in [0.29, 0.717) is 43.4 Å². The maximum absolute atomic E-state index is 12.7. The lowest BCUT2D eigenvalue weighted by atomic mass is 9.91. The highest BCUT2D eigenvalue weighted by atomic mass is 16.6. The summed E-state index contributed by atoms with van der Waals surface area (Å²) in [5.74, 6) is 0.137. The van der Waals surface area contributed by atoms with Gasteiger partial charge in [0.25, 0.3) is 0 Å². The van der Waals surface area contributed by atoms with Crippen molar-refractivity contribution in [1.82, 2.24) is 0 Å². The Morgan fingerprint density at radius 1 is 1.33 bits per heavy atom. The lowest BCUT2D eigenvalue weighted by Gasteiger charge is -2.36. The van der Waals surface area contributed by atoms with E-state index in [1.165, 1.54) is 0 Å². The van der Waals surface area contributed by atoms with Gasteiger partial charge in [0.15, 0.2) is 0 Å². The number of benzene rings is 1. The SMILES string of the molecule is C=CC[C@H]1C[C@H]2C[C@@H](O)C[C@H](Cc3cccc(OC)c3C(=O)O1)O2. The van der Waals surface area contributed by atoms with Crippen LogP contribution in [0.5, 0.6) is 5.75 Å². The molecule has 1 aromatic carbocycles. The van der Waals surface area contributed by atoms with E-state index in [9.17, 15) is 9.90 Å². The molecule has 0 unspecified atom stereocenters. The van der Waals surface area contributed by atoms with E-state index < -0.39 is 0 Å². The molecule has 2 heterocycles. The fraction of sp³-hybridized carbons (Fsp3) is 0.526. The van der Waals surface area contributed by atoms with Crippen molar-refractivity contribution >= 4 is 5.97 Å². The number of fused-ring (bicyclic) bond motifs is 3. The lowest BCUT2D eigenvalue weighted by Crippen LogP contribution is -2.40. The second-order valence-corrected chi connectivity index (χ2v) is 6.49. The van der Waals surface area contributed by atoms with Crippen LogP contribution in [0.25, 0.3) is 0 Å². The minimum atomic E-state index is -0.387. The highest BCUT2D eigenvalue weighted by Gasteiger charge is 2.34. The number of esters is 1. The van der Waals surface area contributed by atoms with Crippen LogP contribution >= 0.6 is 0 Å². The highest BCUT2D eigenvalue weighted by molar-refractivity contribution is 5.94. The standard InChI is InChI=1S/C19H24O5/c1-3-5-14-11-16-10-13(20)9-15(23-16)8-12-6-4-7-17(22-2)18(12)19(21)24-14/h3-4,6-7,13-16,20H,1,5,8-11H2,2H3/t13-,14-,15-,16+/m0/s1. The Hall–Kier alpha value is -1.85. The molecule has 2 bridgehead atoms. The minimum absolute atomic E-state index is 0.108. The van der Waals surface area contributed by atoms with Crippen molar-refractivity contribution in [2.24, 2.45) is 0 Å². The molecule has 0 radical (unpaired) electrons. The van der Waals surface area contributed by atoms with Gasteiger partial charge in [-0.15, -0.1) is 6.58 Å². The van der Waals surface area contributed by atoms with E-state index in [0.717, 1.165) is 5.56 Å². The molecule has 0 aromatic heterocycles. The number of hydrogen-bond acceptors (Lipinski definition) is 5. The maximum atomic E-state index is 12.7. The number of ether oxygens (including phenoxy) is 3. The third-order valence-corrected chi connectivity index (χ3v) is 4.67. The van der Waals surface area contributed by atoms with Crippen molar-refractivity contribution in [3.8, 4) is 5.75 Å². The third kappa shape index (κ3) is 3.62. The normalized spacial score (nSPS) is 30.0. The van der Waals surface area contributed by atoms with Crippen molar-refractivity contribution in [1.29, 1.82) is 0 Å². The van der Waals surface area contributed by atoms with Crippen LogP contribution in [0.15, 0.2) is 30.9 Å². The van der Waals surface area contributed by atoms with Crippen LogP contribution < -0.4 is 4.74 Å². The first-order chi connectivity index (χ1) is 11.6. The van der Waals surface area contributed by atoms with Crippen LogP contribution in [0.4, 0.5) is 0 Å².